The van der Waals surface area contributed by atoms with Gasteiger partial charge in [-0.3, -0.25) is 4.79 Å². The highest BCUT2D eigenvalue weighted by molar-refractivity contribution is 5.83. The van der Waals surface area contributed by atoms with E-state index in [2.05, 4.69) is 15.3 Å². The highest BCUT2D eigenvalue weighted by Crippen LogP contribution is 2.30. The molecule has 1 fully saturated rings. The molecule has 1 N–H and O–H groups in total. The van der Waals surface area contributed by atoms with E-state index in [1.54, 1.807) is 11.8 Å². The lowest BCUT2D eigenvalue weighted by Gasteiger charge is -2.19. The molecule has 0 aliphatic carbocycles. The molecule has 1 aromatic carbocycles. The van der Waals surface area contributed by atoms with Crippen molar-refractivity contribution < 1.29 is 27.1 Å². The summed E-state index contributed by atoms with van der Waals surface area (Å²) in [6.07, 6.45) is 3.69. The Bertz CT molecular complexity index is 953. The molecule has 2 aromatic rings. The SMILES string of the molecule is CC(C(=O)NCCF)c1ccc(CC[C@@H]2CCN(c3ncnc(OCC(C)(F)F)c3F)C2)cc1. The van der Waals surface area contributed by atoms with E-state index < -0.39 is 30.9 Å². The Morgan fingerprint density at radius 1 is 1.29 bits per heavy atom. The van der Waals surface area contributed by atoms with Crippen molar-refractivity contribution in [2.24, 2.45) is 5.92 Å². The molecule has 34 heavy (non-hydrogen) atoms. The molecule has 0 bridgehead atoms. The molecule has 186 valence electrons. The maximum atomic E-state index is 14.7. The summed E-state index contributed by atoms with van der Waals surface area (Å²) in [5.41, 5.74) is 1.99. The molecule has 0 spiro atoms. The predicted molar refractivity (Wildman–Crippen MR) is 121 cm³/mol. The summed E-state index contributed by atoms with van der Waals surface area (Å²) >= 11 is 0. The second-order valence-electron chi connectivity index (χ2n) is 8.76. The second-order valence-corrected chi connectivity index (χ2v) is 8.76. The van der Waals surface area contributed by atoms with Gasteiger partial charge in [-0.2, -0.15) is 9.37 Å². The number of benzene rings is 1. The molecule has 0 saturated carbocycles. The van der Waals surface area contributed by atoms with Gasteiger partial charge in [0.05, 0.1) is 5.92 Å². The zero-order valence-electron chi connectivity index (χ0n) is 19.4. The van der Waals surface area contributed by atoms with Crippen LogP contribution in [0.2, 0.25) is 0 Å². The average molecular weight is 483 g/mol. The van der Waals surface area contributed by atoms with E-state index in [-0.39, 0.29) is 24.2 Å². The van der Waals surface area contributed by atoms with Crippen molar-refractivity contribution in [2.45, 2.75) is 45.0 Å². The van der Waals surface area contributed by atoms with Crippen LogP contribution >= 0.6 is 0 Å². The molecule has 2 heterocycles. The first kappa shape index (κ1) is 25.7. The summed E-state index contributed by atoms with van der Waals surface area (Å²) < 4.78 is 57.9. The summed E-state index contributed by atoms with van der Waals surface area (Å²) in [5, 5.41) is 2.55. The Balaban J connectivity index is 1.52. The molecule has 1 aliphatic rings. The smallest absolute Gasteiger partial charge is 0.278 e. The summed E-state index contributed by atoms with van der Waals surface area (Å²) in [6.45, 7) is 2.15. The van der Waals surface area contributed by atoms with E-state index in [1.807, 2.05) is 24.3 Å². The Morgan fingerprint density at radius 2 is 2.03 bits per heavy atom. The van der Waals surface area contributed by atoms with Crippen molar-refractivity contribution in [3.63, 3.8) is 0 Å². The maximum absolute atomic E-state index is 14.7. The van der Waals surface area contributed by atoms with E-state index in [0.717, 1.165) is 36.7 Å². The lowest BCUT2D eigenvalue weighted by atomic mass is 9.95. The lowest BCUT2D eigenvalue weighted by molar-refractivity contribution is -0.122. The third kappa shape index (κ3) is 7.04. The van der Waals surface area contributed by atoms with Gasteiger partial charge in [0, 0.05) is 26.6 Å². The number of hydrogen-bond donors (Lipinski definition) is 1. The molecule has 6 nitrogen and oxygen atoms in total. The van der Waals surface area contributed by atoms with Crippen LogP contribution in [0.5, 0.6) is 5.88 Å². The highest BCUT2D eigenvalue weighted by Gasteiger charge is 2.29. The van der Waals surface area contributed by atoms with Crippen molar-refractivity contribution in [1.82, 2.24) is 15.3 Å². The van der Waals surface area contributed by atoms with Crippen molar-refractivity contribution in [1.29, 1.82) is 0 Å². The van der Waals surface area contributed by atoms with E-state index in [1.165, 1.54) is 0 Å². The van der Waals surface area contributed by atoms with Crippen LogP contribution in [0.4, 0.5) is 23.4 Å². The third-order valence-corrected chi connectivity index (χ3v) is 5.89. The first-order valence-electron chi connectivity index (χ1n) is 11.4. The van der Waals surface area contributed by atoms with Crippen molar-refractivity contribution in [3.05, 3.63) is 47.5 Å². The van der Waals surface area contributed by atoms with E-state index in [9.17, 15) is 22.4 Å². The number of rotatable bonds is 11. The van der Waals surface area contributed by atoms with Gasteiger partial charge in [-0.1, -0.05) is 24.3 Å². The van der Waals surface area contributed by atoms with Gasteiger partial charge in [0.1, 0.15) is 13.0 Å². The summed E-state index contributed by atoms with van der Waals surface area (Å²) in [4.78, 5) is 21.4. The standard InChI is InChI=1S/C24H30F4N4O2/c1-16(22(33)29-11-10-25)19-7-5-17(6-8-19)3-4-18-9-12-32(13-18)21-20(26)23(31-15-30-21)34-14-24(2,27)28/h5-8,15-16,18H,3-4,9-14H2,1-2H3,(H,29,33)/t16?,18-/m1/s1. The molecular formula is C24H30F4N4O2. The minimum Gasteiger partial charge on any atom is -0.469 e. The van der Waals surface area contributed by atoms with Gasteiger partial charge in [-0.15, -0.1) is 0 Å². The molecule has 3 rings (SSSR count). The van der Waals surface area contributed by atoms with Crippen molar-refractivity contribution in [2.75, 3.05) is 37.8 Å². The van der Waals surface area contributed by atoms with Crippen molar-refractivity contribution in [3.8, 4) is 5.88 Å². The zero-order chi connectivity index (χ0) is 24.7. The van der Waals surface area contributed by atoms with Crippen LogP contribution in [0.15, 0.2) is 30.6 Å². The van der Waals surface area contributed by atoms with Crippen LogP contribution in [-0.2, 0) is 11.2 Å². The fraction of sp³-hybridized carbons (Fsp3) is 0.542. The number of carbonyl (C=O) groups excluding carboxylic acids is 1. The molecule has 1 saturated heterocycles. The van der Waals surface area contributed by atoms with Crippen LogP contribution in [0.25, 0.3) is 0 Å². The first-order valence-corrected chi connectivity index (χ1v) is 11.4. The van der Waals surface area contributed by atoms with Gasteiger partial charge in [0.2, 0.25) is 11.7 Å². The number of halogens is 4. The number of aryl methyl sites for hydroxylation is 1. The Kier molecular flexibility index (Phi) is 8.68. The molecule has 0 radical (unpaired) electrons. The van der Waals surface area contributed by atoms with E-state index >= 15 is 0 Å². The molecule has 1 aliphatic heterocycles. The largest absolute Gasteiger partial charge is 0.469 e. The van der Waals surface area contributed by atoms with Gasteiger partial charge >= 0.3 is 0 Å². The van der Waals surface area contributed by atoms with Gasteiger partial charge < -0.3 is 15.0 Å². The second kappa shape index (κ2) is 11.5. The number of hydrogen-bond acceptors (Lipinski definition) is 5. The molecule has 10 heteroatoms. The molecular weight excluding hydrogens is 452 g/mol. The number of nitrogens with zero attached hydrogens (tertiary/aromatic N) is 3. The Labute approximate surface area is 196 Å². The summed E-state index contributed by atoms with van der Waals surface area (Å²) in [6, 6.07) is 7.79. The van der Waals surface area contributed by atoms with Crippen LogP contribution in [0.3, 0.4) is 0 Å². The van der Waals surface area contributed by atoms with Crippen LogP contribution < -0.4 is 15.0 Å². The summed E-state index contributed by atoms with van der Waals surface area (Å²) in [7, 11) is 0. The van der Waals surface area contributed by atoms with Gasteiger partial charge in [-0.25, -0.2) is 18.2 Å². The molecule has 2 atom stereocenters. The van der Waals surface area contributed by atoms with Crippen LogP contribution in [-0.4, -0.2) is 54.7 Å². The van der Waals surface area contributed by atoms with Gasteiger partial charge in [-0.05, 0) is 43.2 Å². The number of carbonyl (C=O) groups is 1. The summed E-state index contributed by atoms with van der Waals surface area (Å²) in [5.74, 6) is -4.56. The number of amides is 1. The van der Waals surface area contributed by atoms with E-state index in [0.29, 0.717) is 25.9 Å². The third-order valence-electron chi connectivity index (χ3n) is 5.89. The maximum Gasteiger partial charge on any atom is 0.278 e. The highest BCUT2D eigenvalue weighted by atomic mass is 19.3. The minimum absolute atomic E-state index is 0.0155. The van der Waals surface area contributed by atoms with Crippen LogP contribution in [0.1, 0.15) is 43.7 Å². The number of ether oxygens (including phenoxy) is 1. The molecule has 1 unspecified atom stereocenters. The number of nitrogens with one attached hydrogen (secondary N) is 1. The minimum atomic E-state index is -3.09. The van der Waals surface area contributed by atoms with E-state index in [4.69, 9.17) is 4.74 Å². The Morgan fingerprint density at radius 3 is 2.71 bits per heavy atom. The monoisotopic (exact) mass is 482 g/mol. The first-order chi connectivity index (χ1) is 16.2. The zero-order valence-corrected chi connectivity index (χ0v) is 19.4. The van der Waals surface area contributed by atoms with Gasteiger partial charge in [0.15, 0.2) is 12.4 Å². The van der Waals surface area contributed by atoms with Crippen LogP contribution in [0, 0.1) is 11.7 Å². The van der Waals surface area contributed by atoms with Gasteiger partial charge in [0.25, 0.3) is 11.8 Å². The number of aromatic nitrogens is 2. The Hall–Kier alpha value is -2.91. The average Bonchev–Trinajstić information content (AvgIpc) is 3.28. The fourth-order valence-electron chi connectivity index (χ4n) is 3.94. The number of anilines is 1. The topological polar surface area (TPSA) is 67.4 Å². The number of alkyl halides is 3. The normalized spacial score (nSPS) is 17.0. The predicted octanol–water partition coefficient (Wildman–Crippen LogP) is 4.30. The lowest BCUT2D eigenvalue weighted by Crippen LogP contribution is -2.29. The molecule has 1 amide bonds. The van der Waals surface area contributed by atoms with Crippen molar-refractivity contribution >= 4 is 11.7 Å². The molecule has 1 aromatic heterocycles. The fourth-order valence-corrected chi connectivity index (χ4v) is 3.94. The quantitative estimate of drug-likeness (QED) is 0.484.